The summed E-state index contributed by atoms with van der Waals surface area (Å²) in [6.07, 6.45) is 3.61. The molecule has 4 heteroatoms. The van der Waals surface area contributed by atoms with E-state index in [1.54, 1.807) is 0 Å². The number of aryl methyl sites for hydroxylation is 2. The van der Waals surface area contributed by atoms with Gasteiger partial charge in [-0.15, -0.1) is 0 Å². The Balaban J connectivity index is 2.07. The molecule has 4 nitrogen and oxygen atoms in total. The number of nitrogens with zero attached hydrogens (tertiary/aromatic N) is 2. The lowest BCUT2D eigenvalue weighted by Gasteiger charge is -2.09. The van der Waals surface area contributed by atoms with Gasteiger partial charge in [-0.3, -0.25) is 0 Å². The number of hydrogen-bond acceptors (Lipinski definition) is 4. The van der Waals surface area contributed by atoms with Crippen molar-refractivity contribution in [1.82, 2.24) is 9.97 Å². The lowest BCUT2D eigenvalue weighted by molar-refractivity contribution is 0.795. The highest BCUT2D eigenvalue weighted by Gasteiger charge is 2.01. The maximum Gasteiger partial charge on any atom is 0.136 e. The average Bonchev–Trinajstić information content (AvgIpc) is 2.46. The maximum atomic E-state index is 4.39. The number of rotatable bonds is 6. The SMILES string of the molecule is CCCCc1ccc(Nc2cc(NC)nc(C)n2)cc1. The average molecular weight is 270 g/mol. The standard InChI is InChI=1S/C16H22N4/c1-4-5-6-13-7-9-14(10-8-13)20-16-11-15(17-3)18-12(2)19-16/h7-11H,4-6H2,1-3H3,(H2,17,18,19,20). The molecule has 1 aromatic carbocycles. The van der Waals surface area contributed by atoms with Gasteiger partial charge in [-0.1, -0.05) is 25.5 Å². The van der Waals surface area contributed by atoms with Crippen LogP contribution < -0.4 is 10.6 Å². The van der Waals surface area contributed by atoms with Gasteiger partial charge in [0.15, 0.2) is 0 Å². The molecule has 2 rings (SSSR count). The fraction of sp³-hybridized carbons (Fsp3) is 0.375. The van der Waals surface area contributed by atoms with Crippen LogP contribution in [0, 0.1) is 6.92 Å². The van der Waals surface area contributed by atoms with Crippen LogP contribution in [0.15, 0.2) is 30.3 Å². The first-order valence-electron chi connectivity index (χ1n) is 7.10. The van der Waals surface area contributed by atoms with Gasteiger partial charge >= 0.3 is 0 Å². The van der Waals surface area contributed by atoms with E-state index in [1.165, 1.54) is 18.4 Å². The molecule has 1 heterocycles. The second kappa shape index (κ2) is 6.89. The normalized spacial score (nSPS) is 10.3. The zero-order valence-corrected chi connectivity index (χ0v) is 12.4. The highest BCUT2D eigenvalue weighted by atomic mass is 15.1. The van der Waals surface area contributed by atoms with Crippen LogP contribution in [0.4, 0.5) is 17.3 Å². The molecule has 0 bridgehead atoms. The molecule has 0 saturated heterocycles. The molecule has 0 spiro atoms. The third-order valence-corrected chi connectivity index (χ3v) is 3.14. The molecule has 0 radical (unpaired) electrons. The smallest absolute Gasteiger partial charge is 0.136 e. The third-order valence-electron chi connectivity index (χ3n) is 3.14. The number of unbranched alkanes of at least 4 members (excludes halogenated alkanes) is 1. The van der Waals surface area contributed by atoms with Crippen LogP contribution in [0.5, 0.6) is 0 Å². The Kier molecular flexibility index (Phi) is 4.93. The molecule has 0 aliphatic rings. The van der Waals surface area contributed by atoms with E-state index in [1.807, 2.05) is 20.0 Å². The maximum absolute atomic E-state index is 4.39. The minimum Gasteiger partial charge on any atom is -0.373 e. The van der Waals surface area contributed by atoms with E-state index in [4.69, 9.17) is 0 Å². The van der Waals surface area contributed by atoms with Crippen molar-refractivity contribution in [2.45, 2.75) is 33.1 Å². The van der Waals surface area contributed by atoms with E-state index in [2.05, 4.69) is 51.8 Å². The summed E-state index contributed by atoms with van der Waals surface area (Å²) in [6.45, 7) is 4.10. The highest BCUT2D eigenvalue weighted by molar-refractivity contribution is 5.59. The molecule has 0 amide bonds. The van der Waals surface area contributed by atoms with Gasteiger partial charge in [-0.05, 0) is 37.5 Å². The van der Waals surface area contributed by atoms with E-state index >= 15 is 0 Å². The molecular formula is C16H22N4. The van der Waals surface area contributed by atoms with Crippen LogP contribution in [-0.4, -0.2) is 17.0 Å². The van der Waals surface area contributed by atoms with Gasteiger partial charge in [0.1, 0.15) is 17.5 Å². The van der Waals surface area contributed by atoms with Crippen molar-refractivity contribution in [3.63, 3.8) is 0 Å². The van der Waals surface area contributed by atoms with Crippen LogP contribution in [0.1, 0.15) is 31.2 Å². The van der Waals surface area contributed by atoms with Crippen molar-refractivity contribution >= 4 is 17.3 Å². The summed E-state index contributed by atoms with van der Waals surface area (Å²) in [4.78, 5) is 8.67. The van der Waals surface area contributed by atoms with Crippen molar-refractivity contribution in [3.8, 4) is 0 Å². The van der Waals surface area contributed by atoms with E-state index in [-0.39, 0.29) is 0 Å². The van der Waals surface area contributed by atoms with Crippen molar-refractivity contribution in [2.24, 2.45) is 0 Å². The number of nitrogens with one attached hydrogen (secondary N) is 2. The Hall–Kier alpha value is -2.10. The fourth-order valence-electron chi connectivity index (χ4n) is 2.04. The molecule has 0 fully saturated rings. The molecule has 2 aromatic rings. The van der Waals surface area contributed by atoms with Gasteiger partial charge < -0.3 is 10.6 Å². The molecule has 2 N–H and O–H groups in total. The van der Waals surface area contributed by atoms with E-state index in [9.17, 15) is 0 Å². The van der Waals surface area contributed by atoms with Gasteiger partial charge in [0, 0.05) is 18.8 Å². The van der Waals surface area contributed by atoms with Crippen LogP contribution >= 0.6 is 0 Å². The first-order valence-corrected chi connectivity index (χ1v) is 7.10. The minimum absolute atomic E-state index is 0.749. The van der Waals surface area contributed by atoms with Gasteiger partial charge in [0.05, 0.1) is 0 Å². The van der Waals surface area contributed by atoms with Gasteiger partial charge in [-0.25, -0.2) is 9.97 Å². The van der Waals surface area contributed by atoms with Crippen molar-refractivity contribution < 1.29 is 0 Å². The molecular weight excluding hydrogens is 248 g/mol. The van der Waals surface area contributed by atoms with Gasteiger partial charge in [-0.2, -0.15) is 0 Å². The molecule has 0 aliphatic carbocycles. The van der Waals surface area contributed by atoms with Crippen LogP contribution in [0.3, 0.4) is 0 Å². The predicted molar refractivity (Wildman–Crippen MR) is 84.7 cm³/mol. The predicted octanol–water partition coefficient (Wildman–Crippen LogP) is 3.91. The van der Waals surface area contributed by atoms with Crippen molar-refractivity contribution in [1.29, 1.82) is 0 Å². The molecule has 0 saturated carbocycles. The van der Waals surface area contributed by atoms with E-state index in [0.717, 1.165) is 29.6 Å². The second-order valence-electron chi connectivity index (χ2n) is 4.86. The molecule has 0 aliphatic heterocycles. The zero-order valence-electron chi connectivity index (χ0n) is 12.4. The lowest BCUT2D eigenvalue weighted by atomic mass is 10.1. The second-order valence-corrected chi connectivity index (χ2v) is 4.86. The number of anilines is 3. The number of hydrogen-bond donors (Lipinski definition) is 2. The monoisotopic (exact) mass is 270 g/mol. The molecule has 106 valence electrons. The van der Waals surface area contributed by atoms with Crippen molar-refractivity contribution in [3.05, 3.63) is 41.7 Å². The Morgan fingerprint density at radius 1 is 1.05 bits per heavy atom. The Bertz CT molecular complexity index is 549. The van der Waals surface area contributed by atoms with E-state index in [0.29, 0.717) is 0 Å². The molecule has 0 atom stereocenters. The summed E-state index contributed by atoms with van der Waals surface area (Å²) in [7, 11) is 1.86. The van der Waals surface area contributed by atoms with Crippen molar-refractivity contribution in [2.75, 3.05) is 17.7 Å². The highest BCUT2D eigenvalue weighted by Crippen LogP contribution is 2.18. The quantitative estimate of drug-likeness (QED) is 0.835. The Labute approximate surface area is 120 Å². The molecule has 0 unspecified atom stereocenters. The first kappa shape index (κ1) is 14.3. The molecule has 1 aromatic heterocycles. The van der Waals surface area contributed by atoms with Crippen LogP contribution in [-0.2, 0) is 6.42 Å². The largest absolute Gasteiger partial charge is 0.373 e. The number of benzene rings is 1. The van der Waals surface area contributed by atoms with E-state index < -0.39 is 0 Å². The summed E-state index contributed by atoms with van der Waals surface area (Å²) in [5.74, 6) is 2.38. The summed E-state index contributed by atoms with van der Waals surface area (Å²) < 4.78 is 0. The number of aromatic nitrogens is 2. The molecule has 20 heavy (non-hydrogen) atoms. The zero-order chi connectivity index (χ0) is 14.4. The summed E-state index contributed by atoms with van der Waals surface area (Å²) in [5.41, 5.74) is 2.43. The van der Waals surface area contributed by atoms with Gasteiger partial charge in [0.2, 0.25) is 0 Å². The Morgan fingerprint density at radius 2 is 1.75 bits per heavy atom. The first-order chi connectivity index (χ1) is 9.71. The summed E-state index contributed by atoms with van der Waals surface area (Å²) in [6, 6.07) is 10.4. The Morgan fingerprint density at radius 3 is 2.40 bits per heavy atom. The van der Waals surface area contributed by atoms with Gasteiger partial charge in [0.25, 0.3) is 0 Å². The van der Waals surface area contributed by atoms with Crippen LogP contribution in [0.2, 0.25) is 0 Å². The minimum atomic E-state index is 0.749. The lowest BCUT2D eigenvalue weighted by Crippen LogP contribution is -2.01. The summed E-state index contributed by atoms with van der Waals surface area (Å²) >= 11 is 0. The third kappa shape index (κ3) is 3.95. The van der Waals surface area contributed by atoms with Crippen LogP contribution in [0.25, 0.3) is 0 Å². The fourth-order valence-corrected chi connectivity index (χ4v) is 2.04. The summed E-state index contributed by atoms with van der Waals surface area (Å²) in [5, 5.41) is 6.35. The topological polar surface area (TPSA) is 49.8 Å².